The average Bonchev–Trinajstić information content (AvgIpc) is 2.37. The van der Waals surface area contributed by atoms with E-state index in [2.05, 4.69) is 11.9 Å². The maximum Gasteiger partial charge on any atom is 0.417 e. The van der Waals surface area contributed by atoms with Crippen LogP contribution in [0.2, 0.25) is 0 Å². The molecule has 0 saturated heterocycles. The van der Waals surface area contributed by atoms with Crippen LogP contribution in [0.15, 0.2) is 30.9 Å². The summed E-state index contributed by atoms with van der Waals surface area (Å²) >= 11 is 1.59. The number of thioether (sulfide) groups is 1. The molecule has 7 heteroatoms. The standard InChI is InChI=1S/C13H14F3NO2S/c1-2-6-20-7-5-17-9-3-4-10(12(18)19)11(8-9)13(14,15)16/h2-4,8,17H,1,5-7H2,(H,18,19). The summed E-state index contributed by atoms with van der Waals surface area (Å²) in [5.74, 6) is -0.105. The zero-order valence-electron chi connectivity index (χ0n) is 10.5. The number of carboxylic acid groups (broad SMARTS) is 1. The quantitative estimate of drug-likeness (QED) is 0.595. The van der Waals surface area contributed by atoms with Crippen LogP contribution in [0.5, 0.6) is 0 Å². The summed E-state index contributed by atoms with van der Waals surface area (Å²) in [7, 11) is 0. The second-order valence-electron chi connectivity index (χ2n) is 3.85. The number of carbonyl (C=O) groups is 1. The van der Waals surface area contributed by atoms with E-state index in [0.717, 1.165) is 17.9 Å². The highest BCUT2D eigenvalue weighted by atomic mass is 32.2. The normalized spacial score (nSPS) is 11.2. The van der Waals surface area contributed by atoms with Crippen LogP contribution in [0.3, 0.4) is 0 Å². The molecule has 0 unspecified atom stereocenters. The minimum atomic E-state index is -4.69. The minimum absolute atomic E-state index is 0.251. The van der Waals surface area contributed by atoms with Gasteiger partial charge >= 0.3 is 12.1 Å². The molecule has 0 bridgehead atoms. The number of halogens is 3. The summed E-state index contributed by atoms with van der Waals surface area (Å²) in [6.45, 7) is 4.05. The van der Waals surface area contributed by atoms with E-state index in [1.165, 1.54) is 6.07 Å². The topological polar surface area (TPSA) is 49.3 Å². The maximum absolute atomic E-state index is 12.8. The molecule has 1 aromatic rings. The molecule has 0 radical (unpaired) electrons. The molecule has 0 saturated carbocycles. The summed E-state index contributed by atoms with van der Waals surface area (Å²) in [6, 6.07) is 3.11. The Balaban J connectivity index is 2.80. The van der Waals surface area contributed by atoms with E-state index in [-0.39, 0.29) is 5.69 Å². The highest BCUT2D eigenvalue weighted by Crippen LogP contribution is 2.33. The van der Waals surface area contributed by atoms with Gasteiger partial charge in [-0.15, -0.1) is 6.58 Å². The summed E-state index contributed by atoms with van der Waals surface area (Å²) in [5, 5.41) is 11.6. The lowest BCUT2D eigenvalue weighted by atomic mass is 10.1. The molecule has 0 aliphatic heterocycles. The minimum Gasteiger partial charge on any atom is -0.478 e. The van der Waals surface area contributed by atoms with Crippen LogP contribution in [-0.2, 0) is 6.18 Å². The molecule has 0 aromatic heterocycles. The molecule has 0 fully saturated rings. The van der Waals surface area contributed by atoms with Crippen molar-refractivity contribution in [2.75, 3.05) is 23.4 Å². The Kier molecular flexibility index (Phi) is 5.94. The Morgan fingerprint density at radius 3 is 2.70 bits per heavy atom. The molecule has 0 amide bonds. The van der Waals surface area contributed by atoms with E-state index >= 15 is 0 Å². The van der Waals surface area contributed by atoms with Crippen LogP contribution in [-0.4, -0.2) is 29.1 Å². The first-order chi connectivity index (χ1) is 9.36. The van der Waals surface area contributed by atoms with Crippen LogP contribution in [0, 0.1) is 0 Å². The lowest BCUT2D eigenvalue weighted by Crippen LogP contribution is -2.14. The number of benzene rings is 1. The van der Waals surface area contributed by atoms with Gasteiger partial charge in [0.05, 0.1) is 11.1 Å². The third-order valence-corrected chi connectivity index (χ3v) is 3.33. The number of anilines is 1. The highest BCUT2D eigenvalue weighted by Gasteiger charge is 2.35. The lowest BCUT2D eigenvalue weighted by molar-refractivity contribution is -0.138. The van der Waals surface area contributed by atoms with Crippen molar-refractivity contribution in [1.82, 2.24) is 0 Å². The van der Waals surface area contributed by atoms with Gasteiger partial charge in [0.2, 0.25) is 0 Å². The van der Waals surface area contributed by atoms with E-state index in [9.17, 15) is 18.0 Å². The molecule has 0 spiro atoms. The van der Waals surface area contributed by atoms with Gasteiger partial charge < -0.3 is 10.4 Å². The Morgan fingerprint density at radius 1 is 1.45 bits per heavy atom. The van der Waals surface area contributed by atoms with Gasteiger partial charge in [-0.3, -0.25) is 0 Å². The maximum atomic E-state index is 12.8. The molecule has 20 heavy (non-hydrogen) atoms. The molecule has 1 aromatic carbocycles. The van der Waals surface area contributed by atoms with Crippen molar-refractivity contribution in [1.29, 1.82) is 0 Å². The highest BCUT2D eigenvalue weighted by molar-refractivity contribution is 7.99. The molecule has 3 nitrogen and oxygen atoms in total. The Morgan fingerprint density at radius 2 is 2.15 bits per heavy atom. The largest absolute Gasteiger partial charge is 0.478 e. The van der Waals surface area contributed by atoms with E-state index in [4.69, 9.17) is 5.11 Å². The first-order valence-electron chi connectivity index (χ1n) is 5.73. The number of alkyl halides is 3. The molecule has 2 N–H and O–H groups in total. The Labute approximate surface area is 118 Å². The third kappa shape index (κ3) is 4.80. The molecule has 110 valence electrons. The lowest BCUT2D eigenvalue weighted by Gasteiger charge is -2.13. The van der Waals surface area contributed by atoms with Gasteiger partial charge in [-0.2, -0.15) is 24.9 Å². The number of aromatic carboxylic acids is 1. The van der Waals surface area contributed by atoms with Crippen LogP contribution in [0.1, 0.15) is 15.9 Å². The zero-order valence-corrected chi connectivity index (χ0v) is 11.4. The van der Waals surface area contributed by atoms with Gasteiger partial charge in [-0.25, -0.2) is 4.79 Å². The van der Waals surface area contributed by atoms with Crippen molar-refractivity contribution in [3.05, 3.63) is 42.0 Å². The molecular formula is C13H14F3NO2S. The number of carboxylic acids is 1. The molecule has 0 atom stereocenters. The number of rotatable bonds is 7. The summed E-state index contributed by atoms with van der Waals surface area (Å²) in [6.07, 6.45) is -2.95. The first kappa shape index (κ1) is 16.4. The molecule has 1 rings (SSSR count). The Hall–Kier alpha value is -1.63. The van der Waals surface area contributed by atoms with Crippen LogP contribution < -0.4 is 5.32 Å². The van der Waals surface area contributed by atoms with Crippen molar-refractivity contribution in [2.24, 2.45) is 0 Å². The summed E-state index contributed by atoms with van der Waals surface area (Å²) in [4.78, 5) is 10.8. The van der Waals surface area contributed by atoms with E-state index < -0.39 is 23.3 Å². The van der Waals surface area contributed by atoms with Gasteiger partial charge in [0.15, 0.2) is 0 Å². The van der Waals surface area contributed by atoms with Crippen molar-refractivity contribution >= 4 is 23.4 Å². The fraction of sp³-hybridized carbons (Fsp3) is 0.308. The second-order valence-corrected chi connectivity index (χ2v) is 5.00. The predicted molar refractivity (Wildman–Crippen MR) is 74.4 cm³/mol. The van der Waals surface area contributed by atoms with E-state index in [0.29, 0.717) is 12.3 Å². The van der Waals surface area contributed by atoms with E-state index in [1.807, 2.05) is 0 Å². The fourth-order valence-electron chi connectivity index (χ4n) is 1.51. The summed E-state index contributed by atoms with van der Waals surface area (Å²) < 4.78 is 38.3. The number of hydrogen-bond acceptors (Lipinski definition) is 3. The monoisotopic (exact) mass is 305 g/mol. The SMILES string of the molecule is C=CCSCCNc1ccc(C(=O)O)c(C(F)(F)F)c1. The van der Waals surface area contributed by atoms with Gasteiger partial charge in [-0.1, -0.05) is 6.08 Å². The van der Waals surface area contributed by atoms with Crippen molar-refractivity contribution in [3.8, 4) is 0 Å². The molecule has 0 aliphatic rings. The first-order valence-corrected chi connectivity index (χ1v) is 6.88. The van der Waals surface area contributed by atoms with Crippen LogP contribution in [0.4, 0.5) is 18.9 Å². The average molecular weight is 305 g/mol. The predicted octanol–water partition coefficient (Wildman–Crippen LogP) is 3.73. The van der Waals surface area contributed by atoms with Gasteiger partial charge in [0.25, 0.3) is 0 Å². The van der Waals surface area contributed by atoms with Crippen molar-refractivity contribution < 1.29 is 23.1 Å². The Bertz CT molecular complexity index is 489. The van der Waals surface area contributed by atoms with Gasteiger partial charge in [0, 0.05) is 23.7 Å². The third-order valence-electron chi connectivity index (χ3n) is 2.37. The smallest absolute Gasteiger partial charge is 0.417 e. The number of hydrogen-bond donors (Lipinski definition) is 2. The zero-order chi connectivity index (χ0) is 15.2. The van der Waals surface area contributed by atoms with Gasteiger partial charge in [0.1, 0.15) is 0 Å². The van der Waals surface area contributed by atoms with Crippen molar-refractivity contribution in [3.63, 3.8) is 0 Å². The second kappa shape index (κ2) is 7.23. The van der Waals surface area contributed by atoms with Crippen molar-refractivity contribution in [2.45, 2.75) is 6.18 Å². The molecular weight excluding hydrogens is 291 g/mol. The van der Waals surface area contributed by atoms with Crippen LogP contribution >= 0.6 is 11.8 Å². The van der Waals surface area contributed by atoms with E-state index in [1.54, 1.807) is 17.8 Å². The molecule has 0 aliphatic carbocycles. The summed E-state index contributed by atoms with van der Waals surface area (Å²) in [5.41, 5.74) is -1.64. The van der Waals surface area contributed by atoms with Crippen LogP contribution in [0.25, 0.3) is 0 Å². The fourth-order valence-corrected chi connectivity index (χ4v) is 2.09. The molecule has 0 heterocycles. The number of nitrogens with one attached hydrogen (secondary N) is 1. The van der Waals surface area contributed by atoms with Gasteiger partial charge in [-0.05, 0) is 18.2 Å².